The number of benzene rings is 2. The normalized spacial score (nSPS) is 16.6. The number of nitrogens with zero attached hydrogens (tertiary/aromatic N) is 2. The van der Waals surface area contributed by atoms with Crippen molar-refractivity contribution in [3.05, 3.63) is 77.2 Å². The maximum absolute atomic E-state index is 12.6. The van der Waals surface area contributed by atoms with Crippen LogP contribution in [0.3, 0.4) is 0 Å². The molecule has 1 saturated heterocycles. The fraction of sp³-hybridized carbons (Fsp3) is 0.318. The number of ether oxygens (including phenoxy) is 1. The third-order valence-corrected chi connectivity index (χ3v) is 6.30. The van der Waals surface area contributed by atoms with E-state index in [1.54, 1.807) is 6.08 Å². The molecule has 1 aliphatic heterocycles. The first-order valence-corrected chi connectivity index (χ1v) is 11.2. The molecule has 0 unspecified atom stereocenters. The lowest BCUT2D eigenvalue weighted by molar-refractivity contribution is -0.146. The largest absolute Gasteiger partial charge is 0.460 e. The molecule has 1 fully saturated rings. The van der Waals surface area contributed by atoms with Crippen molar-refractivity contribution in [1.82, 2.24) is 9.21 Å². The molecule has 0 aliphatic carbocycles. The Bertz CT molecular complexity index is 914. The molecule has 154 valence electrons. The van der Waals surface area contributed by atoms with Gasteiger partial charge < -0.3 is 4.74 Å². The molecule has 3 rings (SSSR count). The lowest BCUT2D eigenvalue weighted by Gasteiger charge is -2.20. The van der Waals surface area contributed by atoms with E-state index in [9.17, 15) is 13.2 Å². The van der Waals surface area contributed by atoms with Crippen molar-refractivity contribution in [2.75, 3.05) is 32.7 Å². The van der Waals surface area contributed by atoms with E-state index in [2.05, 4.69) is 0 Å². The van der Waals surface area contributed by atoms with Gasteiger partial charge in [0.05, 0.1) is 6.54 Å². The summed E-state index contributed by atoms with van der Waals surface area (Å²) in [7, 11) is -3.49. The highest BCUT2D eigenvalue weighted by Crippen LogP contribution is 2.12. The smallest absolute Gasteiger partial charge is 0.320 e. The first-order valence-electron chi connectivity index (χ1n) is 9.68. The lowest BCUT2D eigenvalue weighted by atomic mass is 10.2. The van der Waals surface area contributed by atoms with Crippen molar-refractivity contribution in [3.63, 3.8) is 0 Å². The molecule has 7 heteroatoms. The van der Waals surface area contributed by atoms with Crippen LogP contribution < -0.4 is 0 Å². The second-order valence-electron chi connectivity index (χ2n) is 6.93. The quantitative estimate of drug-likeness (QED) is 0.652. The second kappa shape index (κ2) is 10.3. The zero-order valence-electron chi connectivity index (χ0n) is 16.3. The van der Waals surface area contributed by atoms with E-state index < -0.39 is 10.0 Å². The van der Waals surface area contributed by atoms with Gasteiger partial charge in [-0.2, -0.15) is 4.31 Å². The Hall–Kier alpha value is -2.48. The lowest BCUT2D eigenvalue weighted by Crippen LogP contribution is -2.36. The zero-order chi connectivity index (χ0) is 20.5. The molecule has 0 amide bonds. The minimum atomic E-state index is -3.49. The first kappa shape index (κ1) is 21.2. The summed E-state index contributed by atoms with van der Waals surface area (Å²) in [6.45, 7) is 2.37. The van der Waals surface area contributed by atoms with Crippen molar-refractivity contribution < 1.29 is 17.9 Å². The van der Waals surface area contributed by atoms with Crippen LogP contribution in [0, 0.1) is 0 Å². The fourth-order valence-electron chi connectivity index (χ4n) is 3.14. The van der Waals surface area contributed by atoms with E-state index in [4.69, 9.17) is 4.74 Å². The topological polar surface area (TPSA) is 66.9 Å². The minimum absolute atomic E-state index is 0.167. The maximum atomic E-state index is 12.6. The van der Waals surface area contributed by atoms with Crippen molar-refractivity contribution in [2.24, 2.45) is 0 Å². The van der Waals surface area contributed by atoms with E-state index in [0.29, 0.717) is 32.6 Å². The van der Waals surface area contributed by atoms with Crippen LogP contribution in [-0.2, 0) is 26.2 Å². The molecule has 0 atom stereocenters. The second-order valence-corrected chi connectivity index (χ2v) is 8.75. The number of hydrogen-bond acceptors (Lipinski definition) is 5. The molecule has 0 bridgehead atoms. The van der Waals surface area contributed by atoms with Crippen LogP contribution in [-0.4, -0.2) is 56.3 Å². The maximum Gasteiger partial charge on any atom is 0.320 e. The van der Waals surface area contributed by atoms with Crippen LogP contribution in [0.1, 0.15) is 17.5 Å². The van der Waals surface area contributed by atoms with Crippen LogP contribution in [0.25, 0.3) is 6.08 Å². The van der Waals surface area contributed by atoms with Crippen LogP contribution in [0.15, 0.2) is 66.1 Å². The fourth-order valence-corrected chi connectivity index (χ4v) is 4.36. The molecule has 2 aromatic carbocycles. The molecule has 1 aliphatic rings. The minimum Gasteiger partial charge on any atom is -0.460 e. The highest BCUT2D eigenvalue weighted by Gasteiger charge is 2.24. The molecule has 29 heavy (non-hydrogen) atoms. The van der Waals surface area contributed by atoms with Gasteiger partial charge in [0.15, 0.2) is 0 Å². The van der Waals surface area contributed by atoms with Crippen LogP contribution in [0.4, 0.5) is 0 Å². The Morgan fingerprint density at radius 2 is 1.62 bits per heavy atom. The Morgan fingerprint density at radius 3 is 2.34 bits per heavy atom. The van der Waals surface area contributed by atoms with Gasteiger partial charge >= 0.3 is 5.97 Å². The third kappa shape index (κ3) is 6.81. The van der Waals surface area contributed by atoms with E-state index in [1.807, 2.05) is 65.6 Å². The average Bonchev–Trinajstić information content (AvgIpc) is 2.98. The molecule has 0 N–H and O–H groups in total. The highest BCUT2D eigenvalue weighted by molar-refractivity contribution is 7.92. The van der Waals surface area contributed by atoms with Gasteiger partial charge in [0.2, 0.25) is 10.0 Å². The summed E-state index contributed by atoms with van der Waals surface area (Å²) in [6, 6.07) is 18.9. The summed E-state index contributed by atoms with van der Waals surface area (Å²) in [5.41, 5.74) is 1.79. The molecule has 0 saturated carbocycles. The predicted molar refractivity (Wildman–Crippen MR) is 113 cm³/mol. The van der Waals surface area contributed by atoms with Gasteiger partial charge in [-0.15, -0.1) is 0 Å². The molecule has 1 heterocycles. The number of carbonyl (C=O) groups excluding carboxylic acids is 1. The predicted octanol–water partition coefficient (Wildman–Crippen LogP) is 2.74. The molecular formula is C22H26N2O4S. The van der Waals surface area contributed by atoms with Crippen molar-refractivity contribution in [3.8, 4) is 0 Å². The Balaban J connectivity index is 1.49. The third-order valence-electron chi connectivity index (χ3n) is 4.73. The summed E-state index contributed by atoms with van der Waals surface area (Å²) >= 11 is 0. The molecule has 6 nitrogen and oxygen atoms in total. The summed E-state index contributed by atoms with van der Waals surface area (Å²) in [5, 5.41) is 1.26. The molecular weight excluding hydrogens is 388 g/mol. The van der Waals surface area contributed by atoms with E-state index in [1.165, 1.54) is 9.71 Å². The number of hydrogen-bond donors (Lipinski definition) is 0. The van der Waals surface area contributed by atoms with Gasteiger partial charge in [-0.25, -0.2) is 8.42 Å². The van der Waals surface area contributed by atoms with E-state index in [0.717, 1.165) is 11.1 Å². The van der Waals surface area contributed by atoms with Crippen LogP contribution in [0.5, 0.6) is 0 Å². The summed E-state index contributed by atoms with van der Waals surface area (Å²) < 4.78 is 32.1. The van der Waals surface area contributed by atoms with Crippen LogP contribution >= 0.6 is 0 Å². The van der Waals surface area contributed by atoms with Crippen LogP contribution in [0.2, 0.25) is 0 Å². The standard InChI is InChI=1S/C22H26N2O4S/c25-22(28-19-21-10-5-2-6-11-21)18-23-13-7-14-24(16-15-23)29(26,27)17-12-20-8-3-1-4-9-20/h1-6,8-12,17H,7,13-16,18-19H2/b17-12+. The van der Waals surface area contributed by atoms with Gasteiger partial charge in [-0.3, -0.25) is 9.69 Å². The molecule has 2 aromatic rings. The Morgan fingerprint density at radius 1 is 0.931 bits per heavy atom. The molecule has 0 aromatic heterocycles. The Kier molecular flexibility index (Phi) is 7.57. The molecule has 0 spiro atoms. The number of carbonyl (C=O) groups is 1. The number of sulfonamides is 1. The van der Waals surface area contributed by atoms with Crippen molar-refractivity contribution in [2.45, 2.75) is 13.0 Å². The van der Waals surface area contributed by atoms with Gasteiger partial charge in [-0.1, -0.05) is 60.7 Å². The van der Waals surface area contributed by atoms with E-state index in [-0.39, 0.29) is 19.1 Å². The first-order chi connectivity index (χ1) is 14.0. The number of rotatable bonds is 7. The van der Waals surface area contributed by atoms with E-state index >= 15 is 0 Å². The summed E-state index contributed by atoms with van der Waals surface area (Å²) in [5.74, 6) is -0.297. The monoisotopic (exact) mass is 414 g/mol. The van der Waals surface area contributed by atoms with Crippen molar-refractivity contribution >= 4 is 22.1 Å². The highest BCUT2D eigenvalue weighted by atomic mass is 32.2. The SMILES string of the molecule is O=C(CN1CCCN(S(=O)(=O)/C=C/c2ccccc2)CC1)OCc1ccccc1. The zero-order valence-corrected chi connectivity index (χ0v) is 17.1. The summed E-state index contributed by atoms with van der Waals surface area (Å²) in [4.78, 5) is 14.1. The van der Waals surface area contributed by atoms with Crippen molar-refractivity contribution in [1.29, 1.82) is 0 Å². The molecule has 0 radical (unpaired) electrons. The summed E-state index contributed by atoms with van der Waals surface area (Å²) in [6.07, 6.45) is 2.28. The van der Waals surface area contributed by atoms with Gasteiger partial charge in [-0.05, 0) is 23.6 Å². The van der Waals surface area contributed by atoms with Gasteiger partial charge in [0.1, 0.15) is 6.61 Å². The Labute approximate surface area is 172 Å². The van der Waals surface area contributed by atoms with Gasteiger partial charge in [0, 0.05) is 31.6 Å². The number of esters is 1. The average molecular weight is 415 g/mol. The van der Waals surface area contributed by atoms with Gasteiger partial charge in [0.25, 0.3) is 0 Å².